The second kappa shape index (κ2) is 9.17. The molecular formula is C19H24N4O5S. The molecule has 1 aliphatic rings. The monoisotopic (exact) mass is 420 g/mol. The number of hydrogen-bond acceptors (Lipinski definition) is 7. The number of carbonyl (C=O) groups is 2. The first kappa shape index (κ1) is 21.0. The number of nitrogens with zero attached hydrogens (tertiary/aromatic N) is 3. The summed E-state index contributed by atoms with van der Waals surface area (Å²) in [4.78, 5) is 37.1. The van der Waals surface area contributed by atoms with E-state index in [-0.39, 0.29) is 11.6 Å². The molecule has 0 fully saturated rings. The third kappa shape index (κ3) is 4.47. The standard InChI is InChI=1S/C19H24N4O5S/c1-3-9-28-19(25)16-13-7-5-6-8-15(13)29-18(16)21-17(24)14(4-2)22-11-12(10-20-22)23(26)27/h10-11,14H,3-9H2,1-2H3,(H,21,24). The molecule has 2 aromatic heterocycles. The SMILES string of the molecule is CCCOC(=O)c1c(NC(=O)C(CC)n2cc([N+](=O)[O-])cn2)sc2c1CCCC2. The number of nitrogens with one attached hydrogen (secondary N) is 1. The number of rotatable bonds is 8. The van der Waals surface area contributed by atoms with E-state index in [0.717, 1.165) is 48.7 Å². The summed E-state index contributed by atoms with van der Waals surface area (Å²) in [6.07, 6.45) is 7.20. The van der Waals surface area contributed by atoms with Gasteiger partial charge in [0.2, 0.25) is 5.91 Å². The molecule has 2 aromatic rings. The fourth-order valence-corrected chi connectivity index (χ4v) is 4.70. The zero-order chi connectivity index (χ0) is 21.0. The molecule has 1 N–H and O–H groups in total. The molecule has 10 heteroatoms. The topological polar surface area (TPSA) is 116 Å². The lowest BCUT2D eigenvalue weighted by molar-refractivity contribution is -0.385. The van der Waals surface area contributed by atoms with E-state index in [1.165, 1.54) is 22.2 Å². The Balaban J connectivity index is 1.87. The van der Waals surface area contributed by atoms with Gasteiger partial charge >= 0.3 is 11.7 Å². The Hall–Kier alpha value is -2.75. The van der Waals surface area contributed by atoms with Crippen LogP contribution >= 0.6 is 11.3 Å². The van der Waals surface area contributed by atoms with Crippen LogP contribution in [0.5, 0.6) is 0 Å². The van der Waals surface area contributed by atoms with Gasteiger partial charge in [0, 0.05) is 4.88 Å². The number of nitro groups is 1. The van der Waals surface area contributed by atoms with Crippen molar-refractivity contribution in [2.45, 2.75) is 58.4 Å². The average molecular weight is 420 g/mol. The number of aryl methyl sites for hydroxylation is 1. The molecule has 156 valence electrons. The van der Waals surface area contributed by atoms with Crippen molar-refractivity contribution in [2.75, 3.05) is 11.9 Å². The van der Waals surface area contributed by atoms with Gasteiger partial charge in [-0.15, -0.1) is 11.3 Å². The minimum atomic E-state index is -0.720. The fourth-order valence-electron chi connectivity index (χ4n) is 3.42. The third-order valence-electron chi connectivity index (χ3n) is 4.86. The molecule has 1 amide bonds. The molecule has 0 aliphatic heterocycles. The van der Waals surface area contributed by atoms with Crippen molar-refractivity contribution < 1.29 is 19.2 Å². The van der Waals surface area contributed by atoms with E-state index >= 15 is 0 Å². The van der Waals surface area contributed by atoms with Gasteiger partial charge in [0.15, 0.2) is 0 Å². The van der Waals surface area contributed by atoms with Crippen molar-refractivity contribution in [3.05, 3.63) is 38.5 Å². The summed E-state index contributed by atoms with van der Waals surface area (Å²) in [5.41, 5.74) is 1.25. The van der Waals surface area contributed by atoms with Gasteiger partial charge in [-0.2, -0.15) is 5.10 Å². The summed E-state index contributed by atoms with van der Waals surface area (Å²) in [5.74, 6) is -0.780. The van der Waals surface area contributed by atoms with Crippen LogP contribution in [0, 0.1) is 10.1 Å². The van der Waals surface area contributed by atoms with Crippen LogP contribution in [-0.4, -0.2) is 33.2 Å². The van der Waals surface area contributed by atoms with Crippen LogP contribution in [0.15, 0.2) is 12.4 Å². The fraction of sp³-hybridized carbons (Fsp3) is 0.526. The predicted octanol–water partition coefficient (Wildman–Crippen LogP) is 3.89. The van der Waals surface area contributed by atoms with Crippen molar-refractivity contribution >= 4 is 33.9 Å². The summed E-state index contributed by atoms with van der Waals surface area (Å²) < 4.78 is 6.64. The number of ether oxygens (including phenoxy) is 1. The van der Waals surface area contributed by atoms with E-state index in [1.54, 1.807) is 6.92 Å². The quantitative estimate of drug-likeness (QED) is 0.393. The zero-order valence-corrected chi connectivity index (χ0v) is 17.3. The maximum absolute atomic E-state index is 12.9. The summed E-state index contributed by atoms with van der Waals surface area (Å²) >= 11 is 1.41. The molecule has 0 saturated carbocycles. The van der Waals surface area contributed by atoms with Gasteiger partial charge in [0.1, 0.15) is 23.4 Å². The third-order valence-corrected chi connectivity index (χ3v) is 6.06. The highest BCUT2D eigenvalue weighted by Gasteiger charge is 2.29. The van der Waals surface area contributed by atoms with Crippen molar-refractivity contribution in [3.63, 3.8) is 0 Å². The van der Waals surface area contributed by atoms with E-state index in [0.29, 0.717) is 23.6 Å². The molecule has 0 aromatic carbocycles. The number of amides is 1. The molecule has 1 aliphatic carbocycles. The number of carbonyl (C=O) groups excluding carboxylic acids is 2. The Morgan fingerprint density at radius 3 is 2.79 bits per heavy atom. The zero-order valence-electron chi connectivity index (χ0n) is 16.5. The van der Waals surface area contributed by atoms with Gasteiger partial charge in [0.25, 0.3) is 0 Å². The average Bonchev–Trinajstić information content (AvgIpc) is 3.31. The maximum atomic E-state index is 12.9. The van der Waals surface area contributed by atoms with Crippen LogP contribution in [0.3, 0.4) is 0 Å². The minimum absolute atomic E-state index is 0.174. The number of thiophene rings is 1. The Morgan fingerprint density at radius 1 is 1.38 bits per heavy atom. The van der Waals surface area contributed by atoms with Gasteiger partial charge in [-0.1, -0.05) is 13.8 Å². The summed E-state index contributed by atoms with van der Waals surface area (Å²) in [5, 5.41) is 18.2. The number of anilines is 1. The van der Waals surface area contributed by atoms with Crippen molar-refractivity contribution in [2.24, 2.45) is 0 Å². The lowest BCUT2D eigenvalue weighted by Crippen LogP contribution is -2.26. The van der Waals surface area contributed by atoms with E-state index in [1.807, 2.05) is 6.92 Å². The molecule has 9 nitrogen and oxygen atoms in total. The molecule has 3 rings (SSSR count). The van der Waals surface area contributed by atoms with Gasteiger partial charge < -0.3 is 10.1 Å². The molecule has 0 bridgehead atoms. The van der Waals surface area contributed by atoms with Crippen LogP contribution < -0.4 is 5.32 Å². The molecule has 0 saturated heterocycles. The Morgan fingerprint density at radius 2 is 2.14 bits per heavy atom. The second-order valence-corrected chi connectivity index (χ2v) is 8.01. The Bertz CT molecular complexity index is 920. The van der Waals surface area contributed by atoms with Crippen LogP contribution in [0.4, 0.5) is 10.7 Å². The predicted molar refractivity (Wildman–Crippen MR) is 108 cm³/mol. The second-order valence-electron chi connectivity index (χ2n) is 6.90. The van der Waals surface area contributed by atoms with Crippen molar-refractivity contribution in [1.82, 2.24) is 9.78 Å². The number of hydrogen-bond donors (Lipinski definition) is 1. The first-order chi connectivity index (χ1) is 14.0. The lowest BCUT2D eigenvalue weighted by atomic mass is 9.95. The molecule has 29 heavy (non-hydrogen) atoms. The van der Waals surface area contributed by atoms with Gasteiger partial charge in [-0.3, -0.25) is 19.6 Å². The molecular weight excluding hydrogens is 396 g/mol. The highest BCUT2D eigenvalue weighted by atomic mass is 32.1. The first-order valence-electron chi connectivity index (χ1n) is 9.77. The molecule has 2 heterocycles. The van der Waals surface area contributed by atoms with Crippen molar-refractivity contribution in [3.8, 4) is 0 Å². The normalized spacial score (nSPS) is 14.1. The Labute approximate surface area is 172 Å². The largest absolute Gasteiger partial charge is 0.462 e. The van der Waals surface area contributed by atoms with E-state index in [9.17, 15) is 19.7 Å². The highest BCUT2D eigenvalue weighted by molar-refractivity contribution is 7.17. The smallest absolute Gasteiger partial charge is 0.341 e. The minimum Gasteiger partial charge on any atom is -0.462 e. The van der Waals surface area contributed by atoms with Gasteiger partial charge in [0.05, 0.1) is 17.1 Å². The van der Waals surface area contributed by atoms with Gasteiger partial charge in [-0.05, 0) is 44.1 Å². The Kier molecular flexibility index (Phi) is 6.63. The summed E-state index contributed by atoms with van der Waals surface area (Å²) in [6.45, 7) is 4.05. The van der Waals surface area contributed by atoms with Gasteiger partial charge in [-0.25, -0.2) is 4.79 Å². The van der Waals surface area contributed by atoms with Crippen LogP contribution in [0.2, 0.25) is 0 Å². The molecule has 1 atom stereocenters. The van der Waals surface area contributed by atoms with E-state index in [4.69, 9.17) is 4.74 Å². The molecule has 0 spiro atoms. The molecule has 1 unspecified atom stereocenters. The first-order valence-corrected chi connectivity index (χ1v) is 10.6. The highest BCUT2D eigenvalue weighted by Crippen LogP contribution is 2.39. The number of fused-ring (bicyclic) bond motifs is 1. The van der Waals surface area contributed by atoms with E-state index in [2.05, 4.69) is 10.4 Å². The molecule has 0 radical (unpaired) electrons. The van der Waals surface area contributed by atoms with Crippen LogP contribution in [0.25, 0.3) is 0 Å². The number of aromatic nitrogens is 2. The summed E-state index contributed by atoms with van der Waals surface area (Å²) in [7, 11) is 0. The van der Waals surface area contributed by atoms with Crippen molar-refractivity contribution in [1.29, 1.82) is 0 Å². The maximum Gasteiger partial charge on any atom is 0.341 e. The van der Waals surface area contributed by atoms with Crippen LogP contribution in [0.1, 0.15) is 66.4 Å². The number of esters is 1. The van der Waals surface area contributed by atoms with E-state index < -0.39 is 16.9 Å². The van der Waals surface area contributed by atoms with Crippen LogP contribution in [-0.2, 0) is 22.4 Å². The summed E-state index contributed by atoms with van der Waals surface area (Å²) in [6, 6.07) is -0.720. The lowest BCUT2D eigenvalue weighted by Gasteiger charge is -2.15.